The Hall–Kier alpha value is -1.85. The van der Waals surface area contributed by atoms with E-state index in [1.807, 2.05) is 0 Å². The average Bonchev–Trinajstić information content (AvgIpc) is 2.40. The molecule has 0 saturated heterocycles. The molecule has 6 heteroatoms. The zero-order valence-electron chi connectivity index (χ0n) is 10.9. The van der Waals surface area contributed by atoms with Crippen LogP contribution in [-0.4, -0.2) is 11.8 Å². The number of amides is 2. The van der Waals surface area contributed by atoms with Crippen LogP contribution in [0.3, 0.4) is 0 Å². The molecule has 0 aliphatic carbocycles. The van der Waals surface area contributed by atoms with Crippen molar-refractivity contribution in [1.82, 2.24) is 0 Å². The lowest BCUT2D eigenvalue weighted by molar-refractivity contribution is -0.117. The third-order valence-corrected chi connectivity index (χ3v) is 3.70. The Balaban J connectivity index is 2.25. The Labute approximate surface area is 135 Å². The molecule has 0 heterocycles. The van der Waals surface area contributed by atoms with E-state index in [1.165, 1.54) is 0 Å². The maximum Gasteiger partial charge on any atom is 0.256 e. The van der Waals surface area contributed by atoms with Crippen molar-refractivity contribution >= 4 is 45.0 Å². The Kier molecular flexibility index (Phi) is 4.98. The molecule has 4 nitrogen and oxygen atoms in total. The fourth-order valence-electron chi connectivity index (χ4n) is 1.85. The van der Waals surface area contributed by atoms with Crippen molar-refractivity contribution in [2.75, 3.05) is 5.32 Å². The molecule has 21 heavy (non-hydrogen) atoms. The number of nitrogens with two attached hydrogens (primary N) is 1. The highest BCUT2D eigenvalue weighted by molar-refractivity contribution is 9.10. The lowest BCUT2D eigenvalue weighted by atomic mass is 10.1. The van der Waals surface area contributed by atoms with E-state index in [2.05, 4.69) is 21.2 Å². The largest absolute Gasteiger partial charge is 0.369 e. The van der Waals surface area contributed by atoms with Crippen molar-refractivity contribution in [1.29, 1.82) is 0 Å². The molecule has 108 valence electrons. The van der Waals surface area contributed by atoms with Gasteiger partial charge in [0.25, 0.3) is 5.91 Å². The van der Waals surface area contributed by atoms with Gasteiger partial charge in [0.15, 0.2) is 0 Å². The minimum Gasteiger partial charge on any atom is -0.369 e. The number of rotatable bonds is 4. The van der Waals surface area contributed by atoms with E-state index in [0.717, 1.165) is 0 Å². The van der Waals surface area contributed by atoms with Crippen LogP contribution in [0.4, 0.5) is 5.69 Å². The van der Waals surface area contributed by atoms with Crippen LogP contribution in [0, 0.1) is 0 Å². The van der Waals surface area contributed by atoms with Crippen molar-refractivity contribution < 1.29 is 9.59 Å². The van der Waals surface area contributed by atoms with Gasteiger partial charge in [-0.05, 0) is 45.8 Å². The van der Waals surface area contributed by atoms with Gasteiger partial charge in [0.2, 0.25) is 5.91 Å². The van der Waals surface area contributed by atoms with Crippen molar-refractivity contribution in [3.8, 4) is 0 Å². The van der Waals surface area contributed by atoms with E-state index in [-0.39, 0.29) is 12.3 Å². The molecule has 2 aromatic carbocycles. The highest BCUT2D eigenvalue weighted by atomic mass is 79.9. The van der Waals surface area contributed by atoms with Crippen LogP contribution in [0.15, 0.2) is 46.9 Å². The van der Waals surface area contributed by atoms with Gasteiger partial charge in [-0.25, -0.2) is 0 Å². The normalized spacial score (nSPS) is 10.2. The molecular formula is C15H12BrClN2O2. The van der Waals surface area contributed by atoms with Crippen LogP contribution in [0.25, 0.3) is 0 Å². The predicted molar refractivity (Wildman–Crippen MR) is 86.4 cm³/mol. The highest BCUT2D eigenvalue weighted by Crippen LogP contribution is 2.23. The molecule has 0 radical (unpaired) electrons. The standard InChI is InChI=1S/C15H12BrClN2O2/c16-12-8-10(17)5-6-11(12)15(21)19-13-4-2-1-3-9(13)7-14(18)20/h1-6,8H,7H2,(H2,18,20)(H,19,21). The number of hydrogen-bond donors (Lipinski definition) is 2. The van der Waals surface area contributed by atoms with E-state index in [0.29, 0.717) is 26.3 Å². The average molecular weight is 368 g/mol. The molecule has 3 N–H and O–H groups in total. The minimum absolute atomic E-state index is 0.0677. The van der Waals surface area contributed by atoms with Crippen LogP contribution in [-0.2, 0) is 11.2 Å². The lowest BCUT2D eigenvalue weighted by Gasteiger charge is -2.11. The van der Waals surface area contributed by atoms with Crippen LogP contribution in [0.2, 0.25) is 5.02 Å². The molecule has 0 aliphatic rings. The first kappa shape index (κ1) is 15.5. The molecular weight excluding hydrogens is 356 g/mol. The van der Waals surface area contributed by atoms with Crippen LogP contribution < -0.4 is 11.1 Å². The molecule has 0 unspecified atom stereocenters. The second-order valence-electron chi connectivity index (χ2n) is 4.38. The smallest absolute Gasteiger partial charge is 0.256 e. The number of anilines is 1. The summed E-state index contributed by atoms with van der Waals surface area (Å²) in [6, 6.07) is 11.9. The topological polar surface area (TPSA) is 72.2 Å². The molecule has 0 aliphatic heterocycles. The van der Waals surface area contributed by atoms with Gasteiger partial charge in [0, 0.05) is 15.2 Å². The number of carbonyl (C=O) groups excluding carboxylic acids is 2. The molecule has 2 amide bonds. The second-order valence-corrected chi connectivity index (χ2v) is 5.67. The fourth-order valence-corrected chi connectivity index (χ4v) is 2.71. The summed E-state index contributed by atoms with van der Waals surface area (Å²) in [5, 5.41) is 3.31. The van der Waals surface area contributed by atoms with Gasteiger partial charge >= 0.3 is 0 Å². The molecule has 0 aromatic heterocycles. The Morgan fingerprint density at radius 1 is 1.19 bits per heavy atom. The molecule has 2 aromatic rings. The van der Waals surface area contributed by atoms with E-state index >= 15 is 0 Å². The van der Waals surface area contributed by atoms with Crippen LogP contribution in [0.1, 0.15) is 15.9 Å². The molecule has 0 bridgehead atoms. The summed E-state index contributed by atoms with van der Waals surface area (Å²) in [5.74, 6) is -0.750. The van der Waals surface area contributed by atoms with Crippen molar-refractivity contribution in [3.63, 3.8) is 0 Å². The SMILES string of the molecule is NC(=O)Cc1ccccc1NC(=O)c1ccc(Cl)cc1Br. The predicted octanol–water partition coefficient (Wildman–Crippen LogP) is 3.38. The Morgan fingerprint density at radius 2 is 1.90 bits per heavy atom. The number of hydrogen-bond acceptors (Lipinski definition) is 2. The summed E-state index contributed by atoms with van der Waals surface area (Å²) in [6.07, 6.45) is 0.0677. The summed E-state index contributed by atoms with van der Waals surface area (Å²) >= 11 is 9.15. The van der Waals surface area contributed by atoms with Crippen LogP contribution in [0.5, 0.6) is 0 Å². The Morgan fingerprint density at radius 3 is 2.57 bits per heavy atom. The molecule has 0 fully saturated rings. The van der Waals surface area contributed by atoms with Crippen LogP contribution >= 0.6 is 27.5 Å². The number of benzene rings is 2. The molecule has 0 saturated carbocycles. The lowest BCUT2D eigenvalue weighted by Crippen LogP contribution is -2.17. The first-order valence-electron chi connectivity index (χ1n) is 6.10. The molecule has 0 atom stereocenters. The highest BCUT2D eigenvalue weighted by Gasteiger charge is 2.13. The summed E-state index contributed by atoms with van der Waals surface area (Å²) in [6.45, 7) is 0. The minimum atomic E-state index is -0.454. The number of carbonyl (C=O) groups is 2. The monoisotopic (exact) mass is 366 g/mol. The van der Waals surface area contributed by atoms with Gasteiger partial charge in [-0.2, -0.15) is 0 Å². The second kappa shape index (κ2) is 6.74. The van der Waals surface area contributed by atoms with Crippen molar-refractivity contribution in [2.24, 2.45) is 5.73 Å². The third kappa shape index (κ3) is 4.06. The summed E-state index contributed by atoms with van der Waals surface area (Å²) in [4.78, 5) is 23.3. The summed E-state index contributed by atoms with van der Waals surface area (Å²) in [5.41, 5.74) is 6.88. The third-order valence-electron chi connectivity index (χ3n) is 2.81. The van der Waals surface area contributed by atoms with Gasteiger partial charge in [0.1, 0.15) is 0 Å². The molecule has 0 spiro atoms. The van der Waals surface area contributed by atoms with Gasteiger partial charge in [-0.3, -0.25) is 9.59 Å². The van der Waals surface area contributed by atoms with Gasteiger partial charge < -0.3 is 11.1 Å². The van der Waals surface area contributed by atoms with Crippen molar-refractivity contribution in [2.45, 2.75) is 6.42 Å². The number of nitrogens with one attached hydrogen (secondary N) is 1. The van der Waals surface area contributed by atoms with E-state index in [1.54, 1.807) is 42.5 Å². The summed E-state index contributed by atoms with van der Waals surface area (Å²) < 4.78 is 0.597. The zero-order chi connectivity index (χ0) is 15.4. The van der Waals surface area contributed by atoms with E-state index in [9.17, 15) is 9.59 Å². The summed E-state index contributed by atoms with van der Waals surface area (Å²) in [7, 11) is 0. The first-order chi connectivity index (χ1) is 9.97. The maximum atomic E-state index is 12.3. The number of primary amides is 1. The fraction of sp³-hybridized carbons (Fsp3) is 0.0667. The van der Waals surface area contributed by atoms with Gasteiger partial charge in [-0.15, -0.1) is 0 Å². The van der Waals surface area contributed by atoms with E-state index < -0.39 is 5.91 Å². The zero-order valence-corrected chi connectivity index (χ0v) is 13.2. The van der Waals surface area contributed by atoms with Gasteiger partial charge in [-0.1, -0.05) is 29.8 Å². The first-order valence-corrected chi connectivity index (χ1v) is 7.27. The quantitative estimate of drug-likeness (QED) is 0.869. The maximum absolute atomic E-state index is 12.3. The number of halogens is 2. The number of para-hydroxylation sites is 1. The van der Waals surface area contributed by atoms with Gasteiger partial charge in [0.05, 0.1) is 12.0 Å². The Bertz CT molecular complexity index is 704. The van der Waals surface area contributed by atoms with E-state index in [4.69, 9.17) is 17.3 Å². The van der Waals surface area contributed by atoms with Crippen molar-refractivity contribution in [3.05, 3.63) is 63.1 Å². The molecule has 2 rings (SSSR count).